The molecule has 6 heteroatoms. The van der Waals surface area contributed by atoms with E-state index in [1.165, 1.54) is 29.5 Å². The van der Waals surface area contributed by atoms with Gasteiger partial charge in [0.05, 0.1) is 15.8 Å². The number of hydrogen-bond donors (Lipinski definition) is 1. The number of aromatic nitrogens is 1. The number of nitrogens with zero attached hydrogens (tertiary/aromatic N) is 1. The molecule has 4 rings (SSSR count). The lowest BCUT2D eigenvalue weighted by atomic mass is 10.1. The van der Waals surface area contributed by atoms with Gasteiger partial charge in [-0.2, -0.15) is 0 Å². The number of benzene rings is 3. The molecule has 1 amide bonds. The molecular formula is C18H10BrFN2OS. The first-order valence-electron chi connectivity index (χ1n) is 7.16. The highest BCUT2D eigenvalue weighted by molar-refractivity contribution is 9.10. The summed E-state index contributed by atoms with van der Waals surface area (Å²) >= 11 is 4.62. The number of nitrogens with one attached hydrogen (secondary N) is 1. The first kappa shape index (κ1) is 15.2. The van der Waals surface area contributed by atoms with E-state index in [4.69, 9.17) is 0 Å². The smallest absolute Gasteiger partial charge is 0.258 e. The van der Waals surface area contributed by atoms with E-state index in [0.717, 1.165) is 21.0 Å². The molecule has 0 aliphatic rings. The van der Waals surface area contributed by atoms with Crippen LogP contribution in [-0.2, 0) is 0 Å². The highest BCUT2D eigenvalue weighted by atomic mass is 79.9. The third-order valence-corrected chi connectivity index (χ3v) is 5.27. The first-order valence-corrected chi connectivity index (χ1v) is 8.77. The van der Waals surface area contributed by atoms with Crippen molar-refractivity contribution in [1.29, 1.82) is 0 Å². The van der Waals surface area contributed by atoms with Gasteiger partial charge in [-0.1, -0.05) is 41.7 Å². The second kappa shape index (κ2) is 5.96. The van der Waals surface area contributed by atoms with Crippen LogP contribution in [0.5, 0.6) is 0 Å². The topological polar surface area (TPSA) is 42.0 Å². The lowest BCUT2D eigenvalue weighted by Crippen LogP contribution is -2.12. The van der Waals surface area contributed by atoms with Gasteiger partial charge in [-0.15, -0.1) is 0 Å². The summed E-state index contributed by atoms with van der Waals surface area (Å²) in [6, 6.07) is 16.0. The Bertz CT molecular complexity index is 1090. The molecule has 1 N–H and O–H groups in total. The van der Waals surface area contributed by atoms with E-state index in [1.807, 2.05) is 36.4 Å². The second-order valence-electron chi connectivity index (χ2n) is 5.23. The molecule has 0 unspecified atom stereocenters. The van der Waals surface area contributed by atoms with Crippen LogP contribution in [0.1, 0.15) is 10.4 Å². The molecule has 4 aromatic rings. The fourth-order valence-electron chi connectivity index (χ4n) is 2.55. The second-order valence-corrected chi connectivity index (χ2v) is 7.12. The third kappa shape index (κ3) is 2.68. The van der Waals surface area contributed by atoms with Gasteiger partial charge in [0.2, 0.25) is 0 Å². The minimum absolute atomic E-state index is 0.328. The summed E-state index contributed by atoms with van der Waals surface area (Å²) < 4.78 is 14.6. The van der Waals surface area contributed by atoms with E-state index in [-0.39, 0.29) is 5.91 Å². The number of carbonyl (C=O) groups excluding carboxylic acids is 1. The fraction of sp³-hybridized carbons (Fsp3) is 0. The zero-order chi connectivity index (χ0) is 16.7. The van der Waals surface area contributed by atoms with E-state index in [2.05, 4.69) is 26.2 Å². The molecule has 0 saturated carbocycles. The van der Waals surface area contributed by atoms with Gasteiger partial charge in [0.25, 0.3) is 5.91 Å². The number of anilines is 1. The quantitative estimate of drug-likeness (QED) is 0.475. The van der Waals surface area contributed by atoms with Gasteiger partial charge in [-0.3, -0.25) is 10.1 Å². The maximum absolute atomic E-state index is 13.2. The molecule has 3 aromatic carbocycles. The number of rotatable bonds is 2. The fourth-order valence-corrected chi connectivity index (χ4v) is 3.96. The largest absolute Gasteiger partial charge is 0.298 e. The SMILES string of the molecule is O=C(Nc1nc2c(ccc3ccccc32)s1)c1ccc(F)cc1Br. The molecule has 1 heterocycles. The minimum Gasteiger partial charge on any atom is -0.298 e. The summed E-state index contributed by atoms with van der Waals surface area (Å²) in [5.41, 5.74) is 1.23. The summed E-state index contributed by atoms with van der Waals surface area (Å²) in [6.07, 6.45) is 0. The number of carbonyl (C=O) groups is 1. The van der Waals surface area contributed by atoms with Crippen LogP contribution in [0, 0.1) is 5.82 Å². The Morgan fingerprint density at radius 2 is 1.96 bits per heavy atom. The van der Waals surface area contributed by atoms with Gasteiger partial charge in [-0.05, 0) is 45.6 Å². The lowest BCUT2D eigenvalue weighted by Gasteiger charge is -2.04. The molecule has 0 aliphatic heterocycles. The minimum atomic E-state index is -0.398. The maximum atomic E-state index is 13.2. The number of thiazole rings is 1. The average Bonchev–Trinajstić information content (AvgIpc) is 2.97. The van der Waals surface area contributed by atoms with Crippen molar-refractivity contribution in [2.45, 2.75) is 0 Å². The summed E-state index contributed by atoms with van der Waals surface area (Å²) in [5.74, 6) is -0.727. The molecule has 24 heavy (non-hydrogen) atoms. The molecule has 118 valence electrons. The van der Waals surface area contributed by atoms with Crippen LogP contribution in [0.15, 0.2) is 59.1 Å². The Morgan fingerprint density at radius 3 is 2.79 bits per heavy atom. The van der Waals surface area contributed by atoms with E-state index < -0.39 is 5.82 Å². The van der Waals surface area contributed by atoms with Crippen LogP contribution in [-0.4, -0.2) is 10.9 Å². The maximum Gasteiger partial charge on any atom is 0.258 e. The van der Waals surface area contributed by atoms with Crippen molar-refractivity contribution >= 4 is 59.3 Å². The Balaban J connectivity index is 1.72. The van der Waals surface area contributed by atoms with Crippen LogP contribution in [0.4, 0.5) is 9.52 Å². The highest BCUT2D eigenvalue weighted by Gasteiger charge is 2.14. The molecule has 0 radical (unpaired) electrons. The Hall–Kier alpha value is -2.31. The highest BCUT2D eigenvalue weighted by Crippen LogP contribution is 2.32. The molecule has 3 nitrogen and oxygen atoms in total. The third-order valence-electron chi connectivity index (χ3n) is 3.68. The molecule has 0 atom stereocenters. The van der Waals surface area contributed by atoms with Gasteiger partial charge >= 0.3 is 0 Å². The Kier molecular flexibility index (Phi) is 3.78. The molecular weight excluding hydrogens is 391 g/mol. The molecule has 0 saturated heterocycles. The van der Waals surface area contributed by atoms with E-state index in [9.17, 15) is 9.18 Å². The van der Waals surface area contributed by atoms with Gasteiger partial charge < -0.3 is 0 Å². The van der Waals surface area contributed by atoms with Gasteiger partial charge in [0.1, 0.15) is 5.82 Å². The first-order chi connectivity index (χ1) is 11.6. The van der Waals surface area contributed by atoms with E-state index in [0.29, 0.717) is 15.2 Å². The molecule has 0 aliphatic carbocycles. The number of amides is 1. The van der Waals surface area contributed by atoms with Gasteiger partial charge in [0, 0.05) is 9.86 Å². The lowest BCUT2D eigenvalue weighted by molar-refractivity contribution is 0.102. The van der Waals surface area contributed by atoms with Crippen molar-refractivity contribution in [1.82, 2.24) is 4.98 Å². The zero-order valence-corrected chi connectivity index (χ0v) is 14.6. The predicted molar refractivity (Wildman–Crippen MR) is 99.2 cm³/mol. The Morgan fingerprint density at radius 1 is 1.12 bits per heavy atom. The number of hydrogen-bond acceptors (Lipinski definition) is 3. The van der Waals surface area contributed by atoms with Crippen molar-refractivity contribution in [2.75, 3.05) is 5.32 Å². The Labute approximate surface area is 149 Å². The van der Waals surface area contributed by atoms with Crippen LogP contribution < -0.4 is 5.32 Å². The molecule has 0 spiro atoms. The van der Waals surface area contributed by atoms with Crippen molar-refractivity contribution < 1.29 is 9.18 Å². The summed E-state index contributed by atoms with van der Waals surface area (Å²) in [5, 5.41) is 5.46. The summed E-state index contributed by atoms with van der Waals surface area (Å²) in [6.45, 7) is 0. The predicted octanol–water partition coefficient (Wildman–Crippen LogP) is 5.60. The number of fused-ring (bicyclic) bond motifs is 3. The molecule has 0 fully saturated rings. The van der Waals surface area contributed by atoms with Gasteiger partial charge in [-0.25, -0.2) is 9.37 Å². The van der Waals surface area contributed by atoms with Crippen LogP contribution in [0.25, 0.3) is 21.0 Å². The van der Waals surface area contributed by atoms with Gasteiger partial charge in [0.15, 0.2) is 5.13 Å². The monoisotopic (exact) mass is 400 g/mol. The number of halogens is 2. The van der Waals surface area contributed by atoms with Crippen molar-refractivity contribution in [3.05, 3.63) is 70.5 Å². The standard InChI is InChI=1S/C18H10BrFN2OS/c19-14-9-11(20)6-7-13(14)17(23)22-18-21-16-12-4-2-1-3-10(12)5-8-15(16)24-18/h1-9H,(H,21,22,23). The van der Waals surface area contributed by atoms with Crippen molar-refractivity contribution in [3.63, 3.8) is 0 Å². The van der Waals surface area contributed by atoms with Crippen LogP contribution in [0.3, 0.4) is 0 Å². The summed E-state index contributed by atoms with van der Waals surface area (Å²) in [4.78, 5) is 16.9. The van der Waals surface area contributed by atoms with E-state index in [1.54, 1.807) is 0 Å². The van der Waals surface area contributed by atoms with Crippen LogP contribution in [0.2, 0.25) is 0 Å². The normalized spacial score (nSPS) is 11.1. The van der Waals surface area contributed by atoms with Crippen LogP contribution >= 0.6 is 27.3 Å². The molecule has 0 bridgehead atoms. The molecule has 1 aromatic heterocycles. The average molecular weight is 401 g/mol. The zero-order valence-electron chi connectivity index (χ0n) is 12.2. The van der Waals surface area contributed by atoms with Crippen molar-refractivity contribution in [2.24, 2.45) is 0 Å². The van der Waals surface area contributed by atoms with Crippen molar-refractivity contribution in [3.8, 4) is 0 Å². The summed E-state index contributed by atoms with van der Waals surface area (Å²) in [7, 11) is 0. The van der Waals surface area contributed by atoms with E-state index >= 15 is 0 Å².